The monoisotopic (exact) mass is 433 g/mol. The fraction of sp³-hybridized carbons (Fsp3) is 0.208. The van der Waals surface area contributed by atoms with Crippen LogP contribution in [0.2, 0.25) is 0 Å². The molecule has 0 amide bonds. The molecule has 4 rings (SSSR count). The van der Waals surface area contributed by atoms with Crippen molar-refractivity contribution in [3.8, 4) is 17.1 Å². The average molecular weight is 434 g/mol. The lowest BCUT2D eigenvalue weighted by molar-refractivity contribution is 0.102. The summed E-state index contributed by atoms with van der Waals surface area (Å²) in [6, 6.07) is 19.2. The van der Waals surface area contributed by atoms with Gasteiger partial charge in [0.15, 0.2) is 16.8 Å². The van der Waals surface area contributed by atoms with Crippen LogP contribution < -0.4 is 4.74 Å². The van der Waals surface area contributed by atoms with E-state index in [1.807, 2.05) is 54.8 Å². The first-order valence-corrected chi connectivity index (χ1v) is 11.0. The summed E-state index contributed by atoms with van der Waals surface area (Å²) in [7, 11) is 0. The summed E-state index contributed by atoms with van der Waals surface area (Å²) < 4.78 is 12.9. The van der Waals surface area contributed by atoms with Gasteiger partial charge < -0.3 is 9.15 Å². The molecule has 0 aliphatic carbocycles. The van der Waals surface area contributed by atoms with Crippen LogP contribution in [-0.2, 0) is 6.54 Å². The molecule has 0 saturated heterocycles. The number of aryl methyl sites for hydroxylation is 1. The summed E-state index contributed by atoms with van der Waals surface area (Å²) in [5.74, 6) is 2.57. The van der Waals surface area contributed by atoms with E-state index in [0.717, 1.165) is 28.5 Å². The van der Waals surface area contributed by atoms with Gasteiger partial charge in [-0.2, -0.15) is 0 Å². The van der Waals surface area contributed by atoms with Crippen LogP contribution in [0.4, 0.5) is 0 Å². The molecule has 0 spiro atoms. The zero-order valence-corrected chi connectivity index (χ0v) is 18.3. The molecular weight excluding hydrogens is 410 g/mol. The van der Waals surface area contributed by atoms with Crippen LogP contribution in [0.1, 0.15) is 28.6 Å². The topological polar surface area (TPSA) is 70.2 Å². The van der Waals surface area contributed by atoms with Crippen LogP contribution in [0, 0.1) is 6.92 Å². The lowest BCUT2D eigenvalue weighted by Gasteiger charge is -2.10. The van der Waals surface area contributed by atoms with Crippen molar-refractivity contribution in [3.63, 3.8) is 0 Å². The van der Waals surface area contributed by atoms with Crippen molar-refractivity contribution in [1.82, 2.24) is 14.8 Å². The van der Waals surface area contributed by atoms with Gasteiger partial charge in [-0.3, -0.25) is 9.36 Å². The van der Waals surface area contributed by atoms with E-state index in [1.54, 1.807) is 18.4 Å². The molecule has 0 atom stereocenters. The summed E-state index contributed by atoms with van der Waals surface area (Å²) in [5.41, 5.74) is 2.67. The van der Waals surface area contributed by atoms with Crippen LogP contribution in [-0.4, -0.2) is 32.9 Å². The van der Waals surface area contributed by atoms with E-state index in [4.69, 9.17) is 9.15 Å². The largest absolute Gasteiger partial charge is 0.494 e. The Morgan fingerprint density at radius 1 is 1.06 bits per heavy atom. The molecule has 0 unspecified atom stereocenters. The van der Waals surface area contributed by atoms with Gasteiger partial charge in [-0.25, -0.2) is 0 Å². The molecule has 0 aliphatic heterocycles. The van der Waals surface area contributed by atoms with Gasteiger partial charge in [0.25, 0.3) is 0 Å². The molecule has 0 bridgehead atoms. The van der Waals surface area contributed by atoms with E-state index in [9.17, 15) is 4.79 Å². The smallest absolute Gasteiger partial charge is 0.192 e. The van der Waals surface area contributed by atoms with Crippen LogP contribution in [0.5, 0.6) is 5.75 Å². The van der Waals surface area contributed by atoms with E-state index in [1.165, 1.54) is 11.8 Å². The normalized spacial score (nSPS) is 10.9. The van der Waals surface area contributed by atoms with Gasteiger partial charge in [0.05, 0.1) is 30.7 Å². The van der Waals surface area contributed by atoms with Gasteiger partial charge in [-0.05, 0) is 49.7 Å². The minimum Gasteiger partial charge on any atom is -0.494 e. The predicted octanol–water partition coefficient (Wildman–Crippen LogP) is 5.27. The minimum atomic E-state index is 0.0309. The zero-order chi connectivity index (χ0) is 21.6. The third kappa shape index (κ3) is 4.88. The van der Waals surface area contributed by atoms with Crippen LogP contribution in [0.25, 0.3) is 11.4 Å². The minimum absolute atomic E-state index is 0.0309. The maximum Gasteiger partial charge on any atom is 0.192 e. The molecular formula is C24H23N3O3S. The van der Waals surface area contributed by atoms with Crippen molar-refractivity contribution in [2.75, 3.05) is 12.4 Å². The number of aromatic nitrogens is 3. The number of ether oxygens (including phenoxy) is 1. The number of nitrogens with zero attached hydrogens (tertiary/aromatic N) is 3. The summed E-state index contributed by atoms with van der Waals surface area (Å²) in [6.07, 6.45) is 1.65. The first-order chi connectivity index (χ1) is 15.2. The second-order valence-corrected chi connectivity index (χ2v) is 7.88. The van der Waals surface area contributed by atoms with E-state index < -0.39 is 0 Å². The number of carbonyl (C=O) groups excluding carboxylic acids is 1. The number of benzene rings is 2. The highest BCUT2D eigenvalue weighted by Gasteiger charge is 2.19. The van der Waals surface area contributed by atoms with E-state index >= 15 is 0 Å². The molecule has 0 fully saturated rings. The van der Waals surface area contributed by atoms with Gasteiger partial charge in [0.2, 0.25) is 0 Å². The second-order valence-electron chi connectivity index (χ2n) is 6.94. The fourth-order valence-corrected chi connectivity index (χ4v) is 4.07. The van der Waals surface area contributed by atoms with Crippen molar-refractivity contribution in [2.24, 2.45) is 0 Å². The Balaban J connectivity index is 1.55. The molecule has 0 saturated carbocycles. The van der Waals surface area contributed by atoms with E-state index in [-0.39, 0.29) is 11.5 Å². The lowest BCUT2D eigenvalue weighted by atomic mass is 10.1. The lowest BCUT2D eigenvalue weighted by Crippen LogP contribution is -2.07. The number of thioether (sulfide) groups is 1. The molecule has 0 radical (unpaired) electrons. The molecule has 0 N–H and O–H groups in total. The van der Waals surface area contributed by atoms with Crippen molar-refractivity contribution in [3.05, 3.63) is 83.8 Å². The molecule has 158 valence electrons. The Morgan fingerprint density at radius 2 is 1.84 bits per heavy atom. The number of carbonyl (C=O) groups is 1. The van der Waals surface area contributed by atoms with E-state index in [2.05, 4.69) is 22.3 Å². The van der Waals surface area contributed by atoms with Gasteiger partial charge in [0.1, 0.15) is 11.5 Å². The third-order valence-electron chi connectivity index (χ3n) is 4.82. The average Bonchev–Trinajstić information content (AvgIpc) is 3.39. The fourth-order valence-electron chi connectivity index (χ4n) is 3.24. The first kappa shape index (κ1) is 20.9. The molecule has 31 heavy (non-hydrogen) atoms. The van der Waals surface area contributed by atoms with Crippen molar-refractivity contribution in [1.29, 1.82) is 0 Å². The van der Waals surface area contributed by atoms with Crippen LogP contribution in [0.3, 0.4) is 0 Å². The number of hydrogen-bond acceptors (Lipinski definition) is 6. The molecule has 2 aromatic carbocycles. The maximum atomic E-state index is 12.7. The third-order valence-corrected chi connectivity index (χ3v) is 5.79. The Hall–Kier alpha value is -3.32. The highest BCUT2D eigenvalue weighted by molar-refractivity contribution is 7.99. The molecule has 6 nitrogen and oxygen atoms in total. The number of ketones is 1. The van der Waals surface area contributed by atoms with Gasteiger partial charge in [-0.1, -0.05) is 42.1 Å². The Bertz CT molecular complexity index is 1150. The highest BCUT2D eigenvalue weighted by atomic mass is 32.2. The summed E-state index contributed by atoms with van der Waals surface area (Å²) in [4.78, 5) is 12.7. The standard InChI is InChI=1S/C24H23N3O3S/c1-3-29-20-11-9-19(10-12-20)22(28)16-31-24-26-25-23(21-13-14-30-17(21)2)27(24)15-18-7-5-4-6-8-18/h4-14H,3,15-16H2,1-2H3. The number of rotatable bonds is 9. The maximum absolute atomic E-state index is 12.7. The van der Waals surface area contributed by atoms with Crippen molar-refractivity contribution < 1.29 is 13.9 Å². The van der Waals surface area contributed by atoms with Crippen molar-refractivity contribution >= 4 is 17.5 Å². The Kier molecular flexibility index (Phi) is 6.52. The van der Waals surface area contributed by atoms with Gasteiger partial charge >= 0.3 is 0 Å². The quantitative estimate of drug-likeness (QED) is 0.265. The SMILES string of the molecule is CCOc1ccc(C(=O)CSc2nnc(-c3ccoc3C)n2Cc2ccccc2)cc1. The summed E-state index contributed by atoms with van der Waals surface area (Å²) in [5, 5.41) is 9.47. The second kappa shape index (κ2) is 9.66. The summed E-state index contributed by atoms with van der Waals surface area (Å²) >= 11 is 1.39. The molecule has 2 heterocycles. The first-order valence-electron chi connectivity index (χ1n) is 10.1. The molecule has 7 heteroatoms. The zero-order valence-electron chi connectivity index (χ0n) is 17.4. The number of furan rings is 1. The van der Waals surface area contributed by atoms with Gasteiger partial charge in [0, 0.05) is 5.56 Å². The molecule has 2 aromatic heterocycles. The van der Waals surface area contributed by atoms with Gasteiger partial charge in [-0.15, -0.1) is 10.2 Å². The highest BCUT2D eigenvalue weighted by Crippen LogP contribution is 2.28. The van der Waals surface area contributed by atoms with Crippen LogP contribution in [0.15, 0.2) is 76.5 Å². The molecule has 0 aliphatic rings. The molecule has 4 aromatic rings. The van der Waals surface area contributed by atoms with E-state index in [0.29, 0.717) is 23.9 Å². The Morgan fingerprint density at radius 3 is 2.52 bits per heavy atom. The van der Waals surface area contributed by atoms with Crippen molar-refractivity contribution in [2.45, 2.75) is 25.5 Å². The van der Waals surface area contributed by atoms with Crippen LogP contribution >= 0.6 is 11.8 Å². The Labute approximate surface area is 185 Å². The summed E-state index contributed by atoms with van der Waals surface area (Å²) in [6.45, 7) is 5.03. The number of Topliss-reactive ketones (excluding diaryl/α,β-unsaturated/α-hetero) is 1. The number of hydrogen-bond donors (Lipinski definition) is 0. The predicted molar refractivity (Wildman–Crippen MR) is 121 cm³/mol.